The molecule has 4 rings (SSSR count). The number of anilines is 1. The van der Waals surface area contributed by atoms with E-state index in [1.165, 1.54) is 16.8 Å². The fourth-order valence-electron chi connectivity index (χ4n) is 3.53. The number of aryl methyl sites for hydroxylation is 1. The Bertz CT molecular complexity index is 1250. The van der Waals surface area contributed by atoms with Crippen LogP contribution in [0.2, 0.25) is 0 Å². The topological polar surface area (TPSA) is 93.2 Å². The van der Waals surface area contributed by atoms with Gasteiger partial charge in [-0.1, -0.05) is 54.6 Å². The van der Waals surface area contributed by atoms with E-state index >= 15 is 4.39 Å². The summed E-state index contributed by atoms with van der Waals surface area (Å²) in [7, 11) is 0. The number of halogens is 1. The van der Waals surface area contributed by atoms with E-state index in [0.29, 0.717) is 23.5 Å². The van der Waals surface area contributed by atoms with Crippen molar-refractivity contribution >= 4 is 11.6 Å². The summed E-state index contributed by atoms with van der Waals surface area (Å²) in [6, 6.07) is 22.3. The van der Waals surface area contributed by atoms with E-state index in [1.54, 1.807) is 43.3 Å². The summed E-state index contributed by atoms with van der Waals surface area (Å²) >= 11 is 0. The van der Waals surface area contributed by atoms with E-state index in [-0.39, 0.29) is 16.9 Å². The monoisotopic (exact) mass is 430 g/mol. The standard InChI is InChI=1S/C25H23FN4O2/c1-16-13-22(30(29-16)19-10-5-7-17(14-19)15-27)25(32)28-21-12-6-11-20(23(21)26)24(31)18-8-3-2-4-9-18/h2-14,24,31H,15,27H2,1H3,(H,28,32). The number of rotatable bonds is 6. The molecule has 0 aliphatic heterocycles. The molecular weight excluding hydrogens is 407 g/mol. The van der Waals surface area contributed by atoms with Gasteiger partial charge in [0.15, 0.2) is 5.82 Å². The molecule has 1 aromatic heterocycles. The van der Waals surface area contributed by atoms with Crippen molar-refractivity contribution in [2.45, 2.75) is 19.6 Å². The van der Waals surface area contributed by atoms with Crippen LogP contribution in [-0.4, -0.2) is 20.8 Å². The van der Waals surface area contributed by atoms with Crippen LogP contribution in [0, 0.1) is 12.7 Å². The van der Waals surface area contributed by atoms with Crippen LogP contribution in [0.25, 0.3) is 5.69 Å². The van der Waals surface area contributed by atoms with Crippen LogP contribution in [0.5, 0.6) is 0 Å². The number of benzene rings is 3. The minimum absolute atomic E-state index is 0.0245. The van der Waals surface area contributed by atoms with Crippen molar-refractivity contribution in [3.05, 3.63) is 113 Å². The number of nitrogens with zero attached hydrogens (tertiary/aromatic N) is 2. The number of hydrogen-bond donors (Lipinski definition) is 3. The molecule has 1 unspecified atom stereocenters. The van der Waals surface area contributed by atoms with Gasteiger partial charge in [0.1, 0.15) is 11.8 Å². The molecule has 1 atom stereocenters. The van der Waals surface area contributed by atoms with Crippen molar-refractivity contribution in [1.29, 1.82) is 0 Å². The largest absolute Gasteiger partial charge is 0.384 e. The lowest BCUT2D eigenvalue weighted by atomic mass is 10.0. The van der Waals surface area contributed by atoms with Crippen LogP contribution in [-0.2, 0) is 6.54 Å². The molecule has 6 nitrogen and oxygen atoms in total. The summed E-state index contributed by atoms with van der Waals surface area (Å²) in [4.78, 5) is 13.1. The van der Waals surface area contributed by atoms with Gasteiger partial charge in [-0.2, -0.15) is 5.10 Å². The maximum atomic E-state index is 15.2. The predicted molar refractivity (Wildman–Crippen MR) is 121 cm³/mol. The zero-order valence-corrected chi connectivity index (χ0v) is 17.5. The van der Waals surface area contributed by atoms with Crippen molar-refractivity contribution in [1.82, 2.24) is 9.78 Å². The zero-order chi connectivity index (χ0) is 22.7. The first-order valence-electron chi connectivity index (χ1n) is 10.2. The van der Waals surface area contributed by atoms with Gasteiger partial charge < -0.3 is 16.2 Å². The van der Waals surface area contributed by atoms with Gasteiger partial charge >= 0.3 is 0 Å². The molecule has 0 aliphatic rings. The molecule has 0 spiro atoms. The van der Waals surface area contributed by atoms with Gasteiger partial charge in [0.05, 0.1) is 17.1 Å². The lowest BCUT2D eigenvalue weighted by molar-refractivity contribution is 0.101. The van der Waals surface area contributed by atoms with Gasteiger partial charge in [-0.05, 0) is 42.3 Å². The minimum atomic E-state index is -1.15. The lowest BCUT2D eigenvalue weighted by Gasteiger charge is -2.15. The van der Waals surface area contributed by atoms with Crippen LogP contribution in [0.1, 0.15) is 39.0 Å². The summed E-state index contributed by atoms with van der Waals surface area (Å²) in [5.74, 6) is -1.21. The normalized spacial score (nSPS) is 11.9. The van der Waals surface area contributed by atoms with E-state index in [4.69, 9.17) is 5.73 Å². The number of carbonyl (C=O) groups excluding carboxylic acids is 1. The third-order valence-corrected chi connectivity index (χ3v) is 5.14. The molecule has 3 aromatic carbocycles. The van der Waals surface area contributed by atoms with Gasteiger partial charge in [0, 0.05) is 12.1 Å². The first-order chi connectivity index (χ1) is 15.5. The zero-order valence-electron chi connectivity index (χ0n) is 17.5. The van der Waals surface area contributed by atoms with Crippen LogP contribution < -0.4 is 11.1 Å². The number of nitrogens with two attached hydrogens (primary N) is 1. The Balaban J connectivity index is 1.64. The van der Waals surface area contributed by atoms with Crippen LogP contribution in [0.4, 0.5) is 10.1 Å². The molecule has 4 aromatic rings. The third-order valence-electron chi connectivity index (χ3n) is 5.14. The van der Waals surface area contributed by atoms with Crippen LogP contribution in [0.3, 0.4) is 0 Å². The predicted octanol–water partition coefficient (Wildman–Crippen LogP) is 4.11. The average molecular weight is 430 g/mol. The van der Waals surface area contributed by atoms with Gasteiger partial charge in [-0.25, -0.2) is 9.07 Å². The van der Waals surface area contributed by atoms with E-state index in [0.717, 1.165) is 5.56 Å². The second-order valence-corrected chi connectivity index (χ2v) is 7.43. The Morgan fingerprint density at radius 3 is 2.59 bits per heavy atom. The quantitative estimate of drug-likeness (QED) is 0.429. The molecule has 1 heterocycles. The summed E-state index contributed by atoms with van der Waals surface area (Å²) in [6.07, 6.45) is -1.15. The van der Waals surface area contributed by atoms with E-state index in [2.05, 4.69) is 10.4 Å². The molecule has 4 N–H and O–H groups in total. The summed E-state index contributed by atoms with van der Waals surface area (Å²) < 4.78 is 16.7. The van der Waals surface area contributed by atoms with Crippen molar-refractivity contribution in [2.75, 3.05) is 5.32 Å². The number of nitrogens with one attached hydrogen (secondary N) is 1. The fourth-order valence-corrected chi connectivity index (χ4v) is 3.53. The number of aliphatic hydroxyl groups is 1. The van der Waals surface area contributed by atoms with Crippen LogP contribution in [0.15, 0.2) is 78.9 Å². The van der Waals surface area contributed by atoms with Crippen molar-refractivity contribution in [2.24, 2.45) is 5.73 Å². The maximum absolute atomic E-state index is 15.2. The summed E-state index contributed by atoms with van der Waals surface area (Å²) in [5.41, 5.74) is 8.82. The molecule has 0 bridgehead atoms. The number of hydrogen-bond acceptors (Lipinski definition) is 4. The Morgan fingerprint density at radius 1 is 1.09 bits per heavy atom. The molecular formula is C25H23FN4O2. The molecule has 0 saturated heterocycles. The second-order valence-electron chi connectivity index (χ2n) is 7.43. The summed E-state index contributed by atoms with van der Waals surface area (Å²) in [5, 5.41) is 17.6. The van der Waals surface area contributed by atoms with Gasteiger partial charge in [0.2, 0.25) is 0 Å². The first-order valence-corrected chi connectivity index (χ1v) is 10.2. The molecule has 0 radical (unpaired) electrons. The molecule has 1 amide bonds. The Labute approximate surface area is 185 Å². The summed E-state index contributed by atoms with van der Waals surface area (Å²) in [6.45, 7) is 2.13. The number of aliphatic hydroxyl groups excluding tert-OH is 1. The Hall–Kier alpha value is -3.81. The smallest absolute Gasteiger partial charge is 0.274 e. The van der Waals surface area contributed by atoms with Gasteiger partial charge in [-0.3, -0.25) is 4.79 Å². The van der Waals surface area contributed by atoms with E-state index in [9.17, 15) is 9.90 Å². The molecule has 0 saturated carbocycles. The van der Waals surface area contributed by atoms with Crippen molar-refractivity contribution < 1.29 is 14.3 Å². The minimum Gasteiger partial charge on any atom is -0.384 e. The highest BCUT2D eigenvalue weighted by Crippen LogP contribution is 2.28. The highest BCUT2D eigenvalue weighted by molar-refractivity contribution is 6.03. The molecule has 162 valence electrons. The number of aromatic nitrogens is 2. The molecule has 7 heteroatoms. The fraction of sp³-hybridized carbons (Fsp3) is 0.120. The third kappa shape index (κ3) is 4.30. The molecule has 0 aliphatic carbocycles. The van der Waals surface area contributed by atoms with Crippen molar-refractivity contribution in [3.8, 4) is 5.69 Å². The number of carbonyl (C=O) groups is 1. The highest BCUT2D eigenvalue weighted by atomic mass is 19.1. The Morgan fingerprint density at radius 2 is 1.84 bits per heavy atom. The second kappa shape index (κ2) is 9.13. The molecule has 32 heavy (non-hydrogen) atoms. The molecule has 0 fully saturated rings. The lowest BCUT2D eigenvalue weighted by Crippen LogP contribution is -2.18. The van der Waals surface area contributed by atoms with Crippen molar-refractivity contribution in [3.63, 3.8) is 0 Å². The average Bonchev–Trinajstić information content (AvgIpc) is 3.22. The van der Waals surface area contributed by atoms with E-state index in [1.807, 2.05) is 30.3 Å². The Kier molecular flexibility index (Phi) is 6.11. The van der Waals surface area contributed by atoms with Gasteiger partial charge in [0.25, 0.3) is 5.91 Å². The van der Waals surface area contributed by atoms with Gasteiger partial charge in [-0.15, -0.1) is 0 Å². The number of amides is 1. The maximum Gasteiger partial charge on any atom is 0.274 e. The van der Waals surface area contributed by atoms with E-state index < -0.39 is 17.8 Å². The first kappa shape index (κ1) is 21.4. The highest BCUT2D eigenvalue weighted by Gasteiger charge is 2.21. The van der Waals surface area contributed by atoms with Crippen LogP contribution >= 0.6 is 0 Å². The SMILES string of the molecule is Cc1cc(C(=O)Nc2cccc(C(O)c3ccccc3)c2F)n(-c2cccc(CN)c2)n1.